The van der Waals surface area contributed by atoms with Crippen LogP contribution in [0.2, 0.25) is 0 Å². The smallest absolute Gasteiger partial charge is 0.0762 e. The number of hydrogen-bond acceptors (Lipinski definition) is 3. The van der Waals surface area contributed by atoms with Gasteiger partial charge < -0.3 is 10.1 Å². The van der Waals surface area contributed by atoms with Crippen LogP contribution in [-0.2, 0) is 17.8 Å². The maximum atomic E-state index is 5.00. The van der Waals surface area contributed by atoms with Crippen LogP contribution in [-0.4, -0.2) is 29.5 Å². The van der Waals surface area contributed by atoms with Crippen LogP contribution in [0.5, 0.6) is 0 Å². The van der Waals surface area contributed by atoms with Crippen LogP contribution >= 0.6 is 0 Å². The second-order valence-electron chi connectivity index (χ2n) is 4.07. The maximum Gasteiger partial charge on any atom is 0.0762 e. The van der Waals surface area contributed by atoms with Gasteiger partial charge >= 0.3 is 0 Å². The first-order valence-corrected chi connectivity index (χ1v) is 5.63. The summed E-state index contributed by atoms with van der Waals surface area (Å²) >= 11 is 0. The third kappa shape index (κ3) is 3.64. The minimum Gasteiger partial charge on any atom is -0.385 e. The first-order chi connectivity index (χ1) is 7.38. The zero-order valence-corrected chi connectivity index (χ0v) is 9.28. The Morgan fingerprint density at radius 2 is 2.47 bits per heavy atom. The van der Waals surface area contributed by atoms with Crippen LogP contribution in [0.3, 0.4) is 0 Å². The SMILES string of the molecule is COCCCn1ccc(CNC2CC2)n1. The minimum atomic E-state index is 0.753. The Hall–Kier alpha value is -0.870. The van der Waals surface area contributed by atoms with Gasteiger partial charge in [0, 0.05) is 39.0 Å². The molecule has 0 atom stereocenters. The quantitative estimate of drug-likeness (QED) is 0.685. The molecule has 1 aliphatic rings. The maximum absolute atomic E-state index is 5.00. The lowest BCUT2D eigenvalue weighted by Crippen LogP contribution is -2.16. The van der Waals surface area contributed by atoms with E-state index in [0.29, 0.717) is 0 Å². The molecule has 1 aromatic rings. The van der Waals surface area contributed by atoms with Gasteiger partial charge in [0.25, 0.3) is 0 Å². The van der Waals surface area contributed by atoms with Crippen LogP contribution in [0.25, 0.3) is 0 Å². The van der Waals surface area contributed by atoms with Gasteiger partial charge in [0.1, 0.15) is 0 Å². The number of aryl methyl sites for hydroxylation is 1. The molecule has 0 aromatic carbocycles. The second-order valence-corrected chi connectivity index (χ2v) is 4.07. The molecule has 0 radical (unpaired) electrons. The molecule has 1 saturated carbocycles. The molecular weight excluding hydrogens is 190 g/mol. The molecule has 1 aliphatic carbocycles. The van der Waals surface area contributed by atoms with Gasteiger partial charge in [0.2, 0.25) is 0 Å². The topological polar surface area (TPSA) is 39.1 Å². The molecule has 1 aromatic heterocycles. The number of nitrogens with zero attached hydrogens (tertiary/aromatic N) is 2. The third-order valence-electron chi connectivity index (χ3n) is 2.58. The number of aromatic nitrogens is 2. The molecule has 4 heteroatoms. The molecule has 0 amide bonds. The molecule has 1 N–H and O–H groups in total. The predicted molar refractivity (Wildman–Crippen MR) is 58.6 cm³/mol. The van der Waals surface area contributed by atoms with Crippen molar-refractivity contribution in [1.29, 1.82) is 0 Å². The van der Waals surface area contributed by atoms with Crippen molar-refractivity contribution in [1.82, 2.24) is 15.1 Å². The summed E-state index contributed by atoms with van der Waals surface area (Å²) in [5, 5.41) is 7.93. The Balaban J connectivity index is 1.70. The molecule has 0 bridgehead atoms. The summed E-state index contributed by atoms with van der Waals surface area (Å²) in [6, 6.07) is 2.84. The standard InChI is InChI=1S/C11H19N3O/c1-15-8-2-6-14-7-5-11(13-14)9-12-10-3-4-10/h5,7,10,12H,2-4,6,8-9H2,1H3. The summed E-state index contributed by atoms with van der Waals surface area (Å²) in [5.41, 5.74) is 1.14. The fourth-order valence-corrected chi connectivity index (χ4v) is 1.53. The van der Waals surface area contributed by atoms with Gasteiger partial charge in [0.15, 0.2) is 0 Å². The van der Waals surface area contributed by atoms with Crippen molar-refractivity contribution in [2.75, 3.05) is 13.7 Å². The summed E-state index contributed by atoms with van der Waals surface area (Å²) in [5.74, 6) is 0. The van der Waals surface area contributed by atoms with Crippen LogP contribution in [0.15, 0.2) is 12.3 Å². The zero-order chi connectivity index (χ0) is 10.5. The average molecular weight is 209 g/mol. The van der Waals surface area contributed by atoms with Crippen molar-refractivity contribution in [2.24, 2.45) is 0 Å². The van der Waals surface area contributed by atoms with Gasteiger partial charge in [-0.3, -0.25) is 4.68 Å². The lowest BCUT2D eigenvalue weighted by molar-refractivity contribution is 0.189. The van der Waals surface area contributed by atoms with Crippen molar-refractivity contribution in [3.8, 4) is 0 Å². The van der Waals surface area contributed by atoms with E-state index in [1.807, 2.05) is 10.9 Å². The van der Waals surface area contributed by atoms with Crippen molar-refractivity contribution < 1.29 is 4.74 Å². The first kappa shape index (κ1) is 10.6. The molecule has 0 spiro atoms. The fourth-order valence-electron chi connectivity index (χ4n) is 1.53. The van der Waals surface area contributed by atoms with Crippen LogP contribution < -0.4 is 5.32 Å². The van der Waals surface area contributed by atoms with E-state index in [-0.39, 0.29) is 0 Å². The highest BCUT2D eigenvalue weighted by molar-refractivity contribution is 4.99. The van der Waals surface area contributed by atoms with E-state index in [2.05, 4.69) is 16.5 Å². The van der Waals surface area contributed by atoms with Gasteiger partial charge in [-0.15, -0.1) is 0 Å². The third-order valence-corrected chi connectivity index (χ3v) is 2.58. The van der Waals surface area contributed by atoms with Gasteiger partial charge in [-0.25, -0.2) is 0 Å². The predicted octanol–water partition coefficient (Wildman–Crippen LogP) is 1.17. The van der Waals surface area contributed by atoms with E-state index < -0.39 is 0 Å². The average Bonchev–Trinajstić information content (AvgIpc) is 2.97. The Morgan fingerprint density at radius 1 is 1.60 bits per heavy atom. The molecule has 0 unspecified atom stereocenters. The van der Waals surface area contributed by atoms with Crippen molar-refractivity contribution >= 4 is 0 Å². The number of methoxy groups -OCH3 is 1. The van der Waals surface area contributed by atoms with Gasteiger partial charge in [-0.05, 0) is 25.3 Å². The van der Waals surface area contributed by atoms with E-state index in [9.17, 15) is 0 Å². The number of ether oxygens (including phenoxy) is 1. The molecule has 1 fully saturated rings. The van der Waals surface area contributed by atoms with Crippen LogP contribution in [0.4, 0.5) is 0 Å². The summed E-state index contributed by atoms with van der Waals surface area (Å²) in [6.45, 7) is 2.65. The molecule has 0 saturated heterocycles. The fraction of sp³-hybridized carbons (Fsp3) is 0.727. The molecule has 2 rings (SSSR count). The van der Waals surface area contributed by atoms with E-state index in [4.69, 9.17) is 4.74 Å². The Kier molecular flexibility index (Phi) is 3.75. The highest BCUT2D eigenvalue weighted by atomic mass is 16.5. The highest BCUT2D eigenvalue weighted by Crippen LogP contribution is 2.18. The Morgan fingerprint density at radius 3 is 3.20 bits per heavy atom. The van der Waals surface area contributed by atoms with E-state index >= 15 is 0 Å². The number of hydrogen-bond donors (Lipinski definition) is 1. The lowest BCUT2D eigenvalue weighted by atomic mass is 10.4. The normalized spacial score (nSPS) is 15.8. The van der Waals surface area contributed by atoms with Crippen LogP contribution in [0.1, 0.15) is 25.0 Å². The Labute approximate surface area is 90.6 Å². The minimum absolute atomic E-state index is 0.753. The Bertz CT molecular complexity index is 294. The molecule has 15 heavy (non-hydrogen) atoms. The molecule has 0 aliphatic heterocycles. The summed E-state index contributed by atoms with van der Waals surface area (Å²) in [7, 11) is 1.73. The number of nitrogens with one attached hydrogen (secondary N) is 1. The highest BCUT2D eigenvalue weighted by Gasteiger charge is 2.20. The zero-order valence-electron chi connectivity index (χ0n) is 9.28. The second kappa shape index (κ2) is 5.28. The summed E-state index contributed by atoms with van der Waals surface area (Å²) in [6.07, 6.45) is 5.72. The molecule has 4 nitrogen and oxygen atoms in total. The molecule has 1 heterocycles. The molecular formula is C11H19N3O. The number of rotatable bonds is 7. The van der Waals surface area contributed by atoms with Gasteiger partial charge in [-0.1, -0.05) is 0 Å². The van der Waals surface area contributed by atoms with E-state index in [1.165, 1.54) is 12.8 Å². The van der Waals surface area contributed by atoms with Crippen molar-refractivity contribution in [2.45, 2.75) is 38.4 Å². The van der Waals surface area contributed by atoms with E-state index in [1.54, 1.807) is 7.11 Å². The lowest BCUT2D eigenvalue weighted by Gasteiger charge is -2.01. The molecule has 84 valence electrons. The van der Waals surface area contributed by atoms with Crippen molar-refractivity contribution in [3.05, 3.63) is 18.0 Å². The summed E-state index contributed by atoms with van der Waals surface area (Å²) < 4.78 is 6.99. The van der Waals surface area contributed by atoms with Crippen LogP contribution in [0, 0.1) is 0 Å². The monoisotopic (exact) mass is 209 g/mol. The van der Waals surface area contributed by atoms with Crippen molar-refractivity contribution in [3.63, 3.8) is 0 Å². The summed E-state index contributed by atoms with van der Waals surface area (Å²) in [4.78, 5) is 0. The largest absolute Gasteiger partial charge is 0.385 e. The van der Waals surface area contributed by atoms with Gasteiger partial charge in [0.05, 0.1) is 5.69 Å². The van der Waals surface area contributed by atoms with E-state index in [0.717, 1.165) is 37.9 Å². The first-order valence-electron chi connectivity index (χ1n) is 5.63. The van der Waals surface area contributed by atoms with Gasteiger partial charge in [-0.2, -0.15) is 5.10 Å².